The summed E-state index contributed by atoms with van der Waals surface area (Å²) in [5.74, 6) is -0.439. The summed E-state index contributed by atoms with van der Waals surface area (Å²) in [6.45, 7) is 1.63. The van der Waals surface area contributed by atoms with Crippen LogP contribution in [-0.4, -0.2) is 30.6 Å². The summed E-state index contributed by atoms with van der Waals surface area (Å²) in [5.41, 5.74) is 1.25. The number of carbonyl (C=O) groups is 1. The van der Waals surface area contributed by atoms with Gasteiger partial charge in [0.15, 0.2) is 6.04 Å². The number of halogens is 1. The first kappa shape index (κ1) is 21.7. The molecule has 27 heavy (non-hydrogen) atoms. The third kappa shape index (κ3) is 5.01. The van der Waals surface area contributed by atoms with Crippen molar-refractivity contribution in [1.82, 2.24) is 0 Å². The largest absolute Gasteiger partial charge is 1.00 e. The minimum Gasteiger partial charge on any atom is -0.744 e. The Morgan fingerprint density at radius 3 is 2.44 bits per heavy atom. The molecule has 2 aromatic rings. The molecule has 3 rings (SSSR count). The molecule has 1 atom stereocenters. The standard InChI is InChI=1S/C16H13ClN4O4S.Na/c1-10-15(19-18-12-4-2-3-11(17)9-12)16(22)21(20-10)13-5-7-14(8-6-13)26(23,24)25;/h2-9,15H,1H3,(H,23,24,25);/q;+1/p-1. The van der Waals surface area contributed by atoms with Crippen molar-refractivity contribution in [2.45, 2.75) is 17.9 Å². The minimum absolute atomic E-state index is 0. The zero-order valence-electron chi connectivity index (χ0n) is 14.4. The Hall–Kier alpha value is -1.62. The van der Waals surface area contributed by atoms with Crippen molar-refractivity contribution in [2.75, 3.05) is 5.01 Å². The molecule has 134 valence electrons. The Morgan fingerprint density at radius 2 is 1.85 bits per heavy atom. The van der Waals surface area contributed by atoms with E-state index >= 15 is 0 Å². The molecular formula is C16H12ClN4NaO4S. The van der Waals surface area contributed by atoms with Crippen molar-refractivity contribution in [2.24, 2.45) is 15.3 Å². The molecule has 0 fully saturated rings. The Morgan fingerprint density at radius 1 is 1.19 bits per heavy atom. The molecule has 2 aromatic carbocycles. The van der Waals surface area contributed by atoms with E-state index in [1.165, 1.54) is 12.1 Å². The van der Waals surface area contributed by atoms with E-state index in [2.05, 4.69) is 15.3 Å². The maximum Gasteiger partial charge on any atom is 1.00 e. The van der Waals surface area contributed by atoms with Gasteiger partial charge in [-0.15, -0.1) is 0 Å². The minimum atomic E-state index is -4.55. The van der Waals surface area contributed by atoms with E-state index in [4.69, 9.17) is 11.6 Å². The molecule has 1 aliphatic rings. The molecule has 11 heteroatoms. The van der Waals surface area contributed by atoms with Gasteiger partial charge in [0, 0.05) is 5.02 Å². The Bertz CT molecular complexity index is 1020. The number of hydrazone groups is 1. The van der Waals surface area contributed by atoms with Crippen LogP contribution < -0.4 is 34.6 Å². The van der Waals surface area contributed by atoms with Crippen LogP contribution in [0.4, 0.5) is 11.4 Å². The monoisotopic (exact) mass is 414 g/mol. The SMILES string of the molecule is CC1=NN(c2ccc(S(=O)(=O)[O-])cc2)C(=O)C1N=Nc1cccc(Cl)c1.[Na+]. The van der Waals surface area contributed by atoms with Crippen LogP contribution in [0, 0.1) is 0 Å². The van der Waals surface area contributed by atoms with Gasteiger partial charge in [-0.3, -0.25) is 4.79 Å². The smallest absolute Gasteiger partial charge is 0.744 e. The number of hydrogen-bond donors (Lipinski definition) is 0. The first-order valence-electron chi connectivity index (χ1n) is 7.37. The molecule has 1 heterocycles. The fraction of sp³-hybridized carbons (Fsp3) is 0.125. The molecule has 0 aromatic heterocycles. The van der Waals surface area contributed by atoms with Gasteiger partial charge in [0.2, 0.25) is 0 Å². The number of amides is 1. The van der Waals surface area contributed by atoms with Gasteiger partial charge in [-0.05, 0) is 49.4 Å². The van der Waals surface area contributed by atoms with Gasteiger partial charge >= 0.3 is 29.6 Å². The summed E-state index contributed by atoms with van der Waals surface area (Å²) < 4.78 is 32.9. The molecule has 0 saturated carbocycles. The maximum atomic E-state index is 12.5. The molecule has 0 aliphatic carbocycles. The zero-order valence-corrected chi connectivity index (χ0v) is 18.0. The second kappa shape index (κ2) is 8.59. The Kier molecular flexibility index (Phi) is 6.90. The first-order valence-corrected chi connectivity index (χ1v) is 9.16. The van der Waals surface area contributed by atoms with Gasteiger partial charge in [-0.2, -0.15) is 20.3 Å². The number of rotatable bonds is 4. The third-order valence-corrected chi connectivity index (χ3v) is 4.65. The number of nitrogens with zero attached hydrogens (tertiary/aromatic N) is 4. The van der Waals surface area contributed by atoms with Crippen LogP contribution in [0.5, 0.6) is 0 Å². The van der Waals surface area contributed by atoms with Crippen LogP contribution >= 0.6 is 11.6 Å². The van der Waals surface area contributed by atoms with Gasteiger partial charge in [-0.25, -0.2) is 8.42 Å². The number of hydrogen-bond acceptors (Lipinski definition) is 7. The van der Waals surface area contributed by atoms with Gasteiger partial charge in [0.05, 0.1) is 22.0 Å². The van der Waals surface area contributed by atoms with Crippen molar-refractivity contribution in [3.8, 4) is 0 Å². The van der Waals surface area contributed by atoms with E-state index in [-0.39, 0.29) is 34.5 Å². The average molecular weight is 415 g/mol. The summed E-state index contributed by atoms with van der Waals surface area (Å²) in [6.07, 6.45) is 0. The van der Waals surface area contributed by atoms with Crippen LogP contribution in [0.3, 0.4) is 0 Å². The zero-order chi connectivity index (χ0) is 18.9. The maximum absolute atomic E-state index is 12.5. The third-order valence-electron chi connectivity index (χ3n) is 3.56. The fourth-order valence-electron chi connectivity index (χ4n) is 2.29. The predicted molar refractivity (Wildman–Crippen MR) is 94.8 cm³/mol. The fourth-order valence-corrected chi connectivity index (χ4v) is 2.94. The van der Waals surface area contributed by atoms with E-state index in [0.717, 1.165) is 17.1 Å². The molecule has 0 radical (unpaired) electrons. The number of carbonyl (C=O) groups excluding carboxylic acids is 1. The average Bonchev–Trinajstić information content (AvgIpc) is 2.87. The van der Waals surface area contributed by atoms with E-state index in [1.807, 2.05) is 0 Å². The second-order valence-corrected chi connectivity index (χ2v) is 7.25. The molecule has 0 bridgehead atoms. The van der Waals surface area contributed by atoms with Gasteiger partial charge in [0.1, 0.15) is 10.1 Å². The van der Waals surface area contributed by atoms with Crippen molar-refractivity contribution < 1.29 is 47.3 Å². The summed E-state index contributed by atoms with van der Waals surface area (Å²) in [4.78, 5) is 12.2. The van der Waals surface area contributed by atoms with Crippen LogP contribution in [-0.2, 0) is 14.9 Å². The van der Waals surface area contributed by atoms with Crippen LogP contribution in [0.15, 0.2) is 68.8 Å². The van der Waals surface area contributed by atoms with Crippen molar-refractivity contribution in [3.05, 3.63) is 53.6 Å². The van der Waals surface area contributed by atoms with E-state index in [0.29, 0.717) is 22.1 Å². The topological polar surface area (TPSA) is 115 Å². The number of anilines is 1. The van der Waals surface area contributed by atoms with E-state index in [1.54, 1.807) is 31.2 Å². The van der Waals surface area contributed by atoms with Gasteiger partial charge in [-0.1, -0.05) is 17.7 Å². The molecular weight excluding hydrogens is 403 g/mol. The molecule has 1 amide bonds. The van der Waals surface area contributed by atoms with Gasteiger partial charge < -0.3 is 4.55 Å². The van der Waals surface area contributed by atoms with Crippen molar-refractivity contribution in [1.29, 1.82) is 0 Å². The van der Waals surface area contributed by atoms with E-state index < -0.39 is 22.1 Å². The van der Waals surface area contributed by atoms with Crippen molar-refractivity contribution >= 4 is 44.7 Å². The second-order valence-electron chi connectivity index (χ2n) is 5.44. The Balaban J connectivity index is 0.00000261. The quantitative estimate of drug-likeness (QED) is 0.401. The van der Waals surface area contributed by atoms with Crippen LogP contribution in [0.1, 0.15) is 6.92 Å². The van der Waals surface area contributed by atoms with E-state index in [9.17, 15) is 17.8 Å². The molecule has 0 saturated heterocycles. The summed E-state index contributed by atoms with van der Waals surface area (Å²) in [7, 11) is -4.55. The molecule has 1 unspecified atom stereocenters. The van der Waals surface area contributed by atoms with Gasteiger partial charge in [0.25, 0.3) is 5.91 Å². The van der Waals surface area contributed by atoms with Crippen LogP contribution in [0.25, 0.3) is 0 Å². The van der Waals surface area contributed by atoms with Crippen molar-refractivity contribution in [3.63, 3.8) is 0 Å². The predicted octanol–water partition coefficient (Wildman–Crippen LogP) is 0.123. The number of benzene rings is 2. The molecule has 0 N–H and O–H groups in total. The Labute approximate surface area is 183 Å². The summed E-state index contributed by atoms with van der Waals surface area (Å²) in [5, 5.41) is 13.8. The first-order chi connectivity index (χ1) is 12.3. The summed E-state index contributed by atoms with van der Waals surface area (Å²) >= 11 is 5.88. The molecule has 1 aliphatic heterocycles. The molecule has 0 spiro atoms. The summed E-state index contributed by atoms with van der Waals surface area (Å²) in [6, 6.07) is 10.7. The normalized spacial score (nSPS) is 17.1. The van der Waals surface area contributed by atoms with Crippen LogP contribution in [0.2, 0.25) is 5.02 Å². The number of azo groups is 1. The molecule has 8 nitrogen and oxygen atoms in total.